The summed E-state index contributed by atoms with van der Waals surface area (Å²) in [5.74, 6) is 1.11. The summed E-state index contributed by atoms with van der Waals surface area (Å²) in [6, 6.07) is 0. The highest BCUT2D eigenvalue weighted by Gasteiger charge is 2.49. The lowest BCUT2D eigenvalue weighted by atomic mass is 9.61. The molecular weight excluding hydrogens is 276 g/mol. The number of aromatic nitrogens is 4. The van der Waals surface area contributed by atoms with E-state index in [0.717, 1.165) is 36.6 Å². The molecule has 0 N–H and O–H groups in total. The summed E-state index contributed by atoms with van der Waals surface area (Å²) in [6.45, 7) is 11.2. The third-order valence-electron chi connectivity index (χ3n) is 4.65. The largest absolute Gasteiger partial charge is 0.380 e. The van der Waals surface area contributed by atoms with Gasteiger partial charge in [0, 0.05) is 18.2 Å². The van der Waals surface area contributed by atoms with Crippen molar-refractivity contribution in [1.82, 2.24) is 19.7 Å². The lowest BCUT2D eigenvalue weighted by Crippen LogP contribution is -2.53. The number of hydrogen-bond donors (Lipinski definition) is 0. The Labute approximate surface area is 132 Å². The molecule has 1 spiro atoms. The topological polar surface area (TPSA) is 52.8 Å². The van der Waals surface area contributed by atoms with Crippen LogP contribution in [0, 0.1) is 11.3 Å². The third-order valence-corrected chi connectivity index (χ3v) is 4.65. The maximum Gasteiger partial charge on any atom is 0.177 e. The van der Waals surface area contributed by atoms with Crippen LogP contribution in [0.2, 0.25) is 0 Å². The summed E-state index contributed by atoms with van der Waals surface area (Å²) in [5.41, 5.74) is 3.39. The highest BCUT2D eigenvalue weighted by atomic mass is 16.5. The average molecular weight is 302 g/mol. The van der Waals surface area contributed by atoms with E-state index in [9.17, 15) is 0 Å². The molecule has 0 radical (unpaired) electrons. The van der Waals surface area contributed by atoms with Crippen LogP contribution in [0.3, 0.4) is 0 Å². The van der Waals surface area contributed by atoms with Gasteiger partial charge in [0.1, 0.15) is 5.52 Å². The summed E-state index contributed by atoms with van der Waals surface area (Å²) < 4.78 is 7.36. The van der Waals surface area contributed by atoms with Crippen LogP contribution in [0.25, 0.3) is 11.2 Å². The second-order valence-corrected chi connectivity index (χ2v) is 6.75. The van der Waals surface area contributed by atoms with Crippen molar-refractivity contribution in [3.8, 4) is 0 Å². The minimum absolute atomic E-state index is 0.398. The van der Waals surface area contributed by atoms with Crippen molar-refractivity contribution in [2.24, 2.45) is 11.3 Å². The number of hydrogen-bond acceptors (Lipinski definition) is 4. The van der Waals surface area contributed by atoms with Gasteiger partial charge in [-0.2, -0.15) is 5.10 Å². The highest BCUT2D eigenvalue weighted by molar-refractivity contribution is 5.69. The van der Waals surface area contributed by atoms with Crippen molar-refractivity contribution in [2.45, 2.75) is 53.0 Å². The van der Waals surface area contributed by atoms with Gasteiger partial charge in [-0.3, -0.25) is 0 Å². The molecule has 4 rings (SSSR count). The van der Waals surface area contributed by atoms with Gasteiger partial charge < -0.3 is 4.74 Å². The van der Waals surface area contributed by atoms with E-state index in [1.807, 2.05) is 30.9 Å². The first-order chi connectivity index (χ1) is 10.7. The lowest BCUT2D eigenvalue weighted by Gasteiger charge is -2.53. The Kier molecular flexibility index (Phi) is 4.17. The minimum atomic E-state index is 0.398. The van der Waals surface area contributed by atoms with E-state index in [1.54, 1.807) is 0 Å². The van der Waals surface area contributed by atoms with Gasteiger partial charge in [0.25, 0.3) is 0 Å². The maximum absolute atomic E-state index is 5.33. The van der Waals surface area contributed by atoms with Crippen LogP contribution in [0.15, 0.2) is 12.4 Å². The molecule has 22 heavy (non-hydrogen) atoms. The zero-order valence-electron chi connectivity index (χ0n) is 14.0. The minimum Gasteiger partial charge on any atom is -0.380 e. The van der Waals surface area contributed by atoms with Gasteiger partial charge >= 0.3 is 0 Å². The maximum atomic E-state index is 5.33. The van der Waals surface area contributed by atoms with Crippen LogP contribution < -0.4 is 0 Å². The van der Waals surface area contributed by atoms with Gasteiger partial charge in [-0.05, 0) is 24.7 Å². The Morgan fingerprint density at radius 3 is 2.59 bits per heavy atom. The smallest absolute Gasteiger partial charge is 0.177 e. The zero-order valence-corrected chi connectivity index (χ0v) is 14.0. The van der Waals surface area contributed by atoms with Crippen LogP contribution in [-0.4, -0.2) is 33.0 Å². The van der Waals surface area contributed by atoms with Crippen LogP contribution in [0.4, 0.5) is 0 Å². The highest BCUT2D eigenvalue weighted by Crippen LogP contribution is 2.51. The Balaban J connectivity index is 0.000000693. The standard InChI is InChI=1S/C15H20N4O.C2H6/c1-10(2)12-5-16-13-6-17-19(14(13)18-12)7-11-3-15(4-11)8-20-9-15;1-2/h5-6,10-11H,3-4,7-9H2,1-2H3;1-2H3. The summed E-state index contributed by atoms with van der Waals surface area (Å²) in [7, 11) is 0. The van der Waals surface area contributed by atoms with Gasteiger partial charge in [0.05, 0.1) is 25.1 Å². The van der Waals surface area contributed by atoms with E-state index in [0.29, 0.717) is 17.3 Å². The number of ether oxygens (including phenoxy) is 1. The molecule has 1 aliphatic carbocycles. The Morgan fingerprint density at radius 2 is 2.00 bits per heavy atom. The molecule has 0 atom stereocenters. The van der Waals surface area contributed by atoms with E-state index in [4.69, 9.17) is 9.72 Å². The molecule has 2 aromatic rings. The molecule has 2 aliphatic rings. The molecule has 5 heteroatoms. The molecule has 0 bridgehead atoms. The van der Waals surface area contributed by atoms with Crippen molar-refractivity contribution >= 4 is 11.2 Å². The predicted octanol–water partition coefficient (Wildman–Crippen LogP) is 3.40. The summed E-state index contributed by atoms with van der Waals surface area (Å²) in [5, 5.41) is 4.47. The fraction of sp³-hybridized carbons (Fsp3) is 0.706. The molecule has 3 heterocycles. The van der Waals surface area contributed by atoms with Gasteiger partial charge in [0.2, 0.25) is 0 Å². The van der Waals surface area contributed by atoms with Crippen LogP contribution in [0.1, 0.15) is 52.1 Å². The van der Waals surface area contributed by atoms with E-state index in [2.05, 4.69) is 23.9 Å². The van der Waals surface area contributed by atoms with Crippen LogP contribution in [0.5, 0.6) is 0 Å². The van der Waals surface area contributed by atoms with Gasteiger partial charge in [-0.1, -0.05) is 27.7 Å². The monoisotopic (exact) mass is 302 g/mol. The van der Waals surface area contributed by atoms with Crippen molar-refractivity contribution in [3.63, 3.8) is 0 Å². The fourth-order valence-corrected chi connectivity index (χ4v) is 3.44. The van der Waals surface area contributed by atoms with E-state index >= 15 is 0 Å². The van der Waals surface area contributed by atoms with E-state index in [-0.39, 0.29) is 0 Å². The molecule has 0 amide bonds. The molecule has 1 aliphatic heterocycles. The summed E-state index contributed by atoms with van der Waals surface area (Å²) in [6.07, 6.45) is 6.23. The average Bonchev–Trinajstić information content (AvgIpc) is 2.84. The van der Waals surface area contributed by atoms with Gasteiger partial charge in [-0.15, -0.1) is 0 Å². The van der Waals surface area contributed by atoms with E-state index in [1.165, 1.54) is 12.8 Å². The van der Waals surface area contributed by atoms with Crippen molar-refractivity contribution in [3.05, 3.63) is 18.1 Å². The molecule has 1 saturated carbocycles. The Hall–Kier alpha value is -1.49. The van der Waals surface area contributed by atoms with Crippen LogP contribution >= 0.6 is 0 Å². The SMILES string of the molecule is CC.CC(C)c1cnc2cnn(CC3CC4(COC4)C3)c2n1. The summed E-state index contributed by atoms with van der Waals surface area (Å²) >= 11 is 0. The predicted molar refractivity (Wildman–Crippen MR) is 86.7 cm³/mol. The third kappa shape index (κ3) is 2.62. The molecular formula is C17H26N4O. The quantitative estimate of drug-likeness (QED) is 0.872. The number of rotatable bonds is 3. The first-order valence-electron chi connectivity index (χ1n) is 8.41. The number of fused-ring (bicyclic) bond motifs is 1. The molecule has 1 saturated heterocycles. The first kappa shape index (κ1) is 15.4. The van der Waals surface area contributed by atoms with Crippen LogP contribution in [-0.2, 0) is 11.3 Å². The fourth-order valence-electron chi connectivity index (χ4n) is 3.44. The van der Waals surface area contributed by atoms with Crippen molar-refractivity contribution in [1.29, 1.82) is 0 Å². The second-order valence-electron chi connectivity index (χ2n) is 6.75. The molecule has 5 nitrogen and oxygen atoms in total. The summed E-state index contributed by atoms with van der Waals surface area (Å²) in [4.78, 5) is 9.19. The normalized spacial score (nSPS) is 19.7. The van der Waals surface area contributed by atoms with Crippen molar-refractivity contribution < 1.29 is 4.74 Å². The molecule has 2 aromatic heterocycles. The number of nitrogens with zero attached hydrogens (tertiary/aromatic N) is 4. The molecule has 0 unspecified atom stereocenters. The van der Waals surface area contributed by atoms with Crippen molar-refractivity contribution in [2.75, 3.05) is 13.2 Å². The molecule has 2 fully saturated rings. The zero-order chi connectivity index (χ0) is 15.7. The molecule has 120 valence electrons. The Bertz CT molecular complexity index is 637. The van der Waals surface area contributed by atoms with Gasteiger partial charge in [-0.25, -0.2) is 14.6 Å². The first-order valence-corrected chi connectivity index (χ1v) is 8.41. The second kappa shape index (κ2) is 5.95. The van der Waals surface area contributed by atoms with E-state index < -0.39 is 0 Å². The lowest BCUT2D eigenvalue weighted by molar-refractivity contribution is -0.181. The molecule has 0 aromatic carbocycles. The Morgan fingerprint density at radius 1 is 1.27 bits per heavy atom. The van der Waals surface area contributed by atoms with Gasteiger partial charge in [0.15, 0.2) is 5.65 Å².